The van der Waals surface area contributed by atoms with Gasteiger partial charge in [0, 0.05) is 24.1 Å². The molecule has 0 saturated heterocycles. The zero-order chi connectivity index (χ0) is 13.0. The highest BCUT2D eigenvalue weighted by atomic mass is 19.1. The predicted molar refractivity (Wildman–Crippen MR) is 56.8 cm³/mol. The van der Waals surface area contributed by atoms with Crippen LogP contribution in [0.25, 0.3) is 0 Å². The van der Waals surface area contributed by atoms with Gasteiger partial charge in [0.2, 0.25) is 5.91 Å². The van der Waals surface area contributed by atoms with Gasteiger partial charge < -0.3 is 10.5 Å². The first-order chi connectivity index (χ1) is 7.99. The number of methoxy groups -OCH3 is 1. The summed E-state index contributed by atoms with van der Waals surface area (Å²) < 4.78 is 31.5. The highest BCUT2D eigenvalue weighted by molar-refractivity contribution is 5.76. The van der Waals surface area contributed by atoms with Gasteiger partial charge in [0.05, 0.1) is 7.11 Å². The number of nitrogens with two attached hydrogens (primary N) is 2. The summed E-state index contributed by atoms with van der Waals surface area (Å²) in [5, 5.41) is 0. The quantitative estimate of drug-likeness (QED) is 0.405. The molecule has 1 amide bonds. The fourth-order valence-corrected chi connectivity index (χ4v) is 1.35. The number of nitrogens with one attached hydrogen (secondary N) is 1. The van der Waals surface area contributed by atoms with Crippen molar-refractivity contribution in [2.75, 3.05) is 7.11 Å². The van der Waals surface area contributed by atoms with E-state index < -0.39 is 23.6 Å². The molecule has 0 bridgehead atoms. The van der Waals surface area contributed by atoms with Crippen molar-refractivity contribution in [3.63, 3.8) is 0 Å². The highest BCUT2D eigenvalue weighted by Gasteiger charge is 2.18. The topological polar surface area (TPSA) is 90.4 Å². The maximum atomic E-state index is 13.5. The first-order valence-corrected chi connectivity index (χ1v) is 4.77. The summed E-state index contributed by atoms with van der Waals surface area (Å²) in [6, 6.07) is 0.812. The number of amides is 1. The Kier molecular flexibility index (Phi) is 4.36. The number of hydrogen-bond donors (Lipinski definition) is 3. The second kappa shape index (κ2) is 5.55. The molecule has 1 atom stereocenters. The number of hydrazine groups is 1. The molecular weight excluding hydrogens is 232 g/mol. The lowest BCUT2D eigenvalue weighted by molar-refractivity contribution is -0.121. The van der Waals surface area contributed by atoms with Crippen molar-refractivity contribution >= 4 is 5.91 Å². The fourth-order valence-electron chi connectivity index (χ4n) is 1.35. The van der Waals surface area contributed by atoms with E-state index in [-0.39, 0.29) is 17.7 Å². The Balaban J connectivity index is 2.98. The smallest absolute Gasteiger partial charge is 0.235 e. The molecule has 0 radical (unpaired) electrons. The first-order valence-electron chi connectivity index (χ1n) is 4.77. The predicted octanol–water partition coefficient (Wildman–Crippen LogP) is 0.353. The third-order valence-corrected chi connectivity index (χ3v) is 2.24. The van der Waals surface area contributed by atoms with Gasteiger partial charge in [-0.25, -0.2) is 14.6 Å². The second-order valence-electron chi connectivity index (χ2n) is 3.39. The van der Waals surface area contributed by atoms with Crippen LogP contribution in [0, 0.1) is 11.6 Å². The van der Waals surface area contributed by atoms with E-state index in [9.17, 15) is 13.6 Å². The van der Waals surface area contributed by atoms with Crippen LogP contribution < -0.4 is 21.7 Å². The summed E-state index contributed by atoms with van der Waals surface area (Å²) >= 11 is 0. The Bertz CT molecular complexity index is 426. The molecular formula is C10H13F2N3O2. The zero-order valence-electron chi connectivity index (χ0n) is 9.17. The minimum atomic E-state index is -0.973. The summed E-state index contributed by atoms with van der Waals surface area (Å²) in [5.74, 6) is 2.61. The average molecular weight is 245 g/mol. The lowest BCUT2D eigenvalue weighted by Crippen LogP contribution is -2.32. The Labute approximate surface area is 96.7 Å². The Morgan fingerprint density at radius 3 is 2.65 bits per heavy atom. The molecule has 0 heterocycles. The summed E-state index contributed by atoms with van der Waals surface area (Å²) in [6.07, 6.45) is -0.237. The van der Waals surface area contributed by atoms with E-state index in [2.05, 4.69) is 4.74 Å². The van der Waals surface area contributed by atoms with E-state index in [0.29, 0.717) is 0 Å². The number of rotatable bonds is 4. The second-order valence-corrected chi connectivity index (χ2v) is 3.39. The monoisotopic (exact) mass is 245 g/mol. The van der Waals surface area contributed by atoms with Gasteiger partial charge in [0.25, 0.3) is 0 Å². The van der Waals surface area contributed by atoms with Gasteiger partial charge in [0.1, 0.15) is 5.82 Å². The van der Waals surface area contributed by atoms with E-state index in [1.54, 1.807) is 0 Å². The molecule has 5 N–H and O–H groups in total. The van der Waals surface area contributed by atoms with Crippen molar-refractivity contribution < 1.29 is 18.3 Å². The van der Waals surface area contributed by atoms with Crippen LogP contribution >= 0.6 is 0 Å². The largest absolute Gasteiger partial charge is 0.494 e. The van der Waals surface area contributed by atoms with Crippen LogP contribution in [0.3, 0.4) is 0 Å². The molecule has 0 aliphatic heterocycles. The minimum Gasteiger partial charge on any atom is -0.494 e. The lowest BCUT2D eigenvalue weighted by atomic mass is 10.0. The highest BCUT2D eigenvalue weighted by Crippen LogP contribution is 2.25. The van der Waals surface area contributed by atoms with Crippen molar-refractivity contribution in [1.29, 1.82) is 0 Å². The van der Waals surface area contributed by atoms with Gasteiger partial charge in [-0.1, -0.05) is 0 Å². The molecule has 1 aromatic rings. The number of ether oxygens (including phenoxy) is 1. The fraction of sp³-hybridized carbons (Fsp3) is 0.300. The van der Waals surface area contributed by atoms with E-state index in [1.165, 1.54) is 7.11 Å². The van der Waals surface area contributed by atoms with Crippen LogP contribution in [-0.2, 0) is 4.79 Å². The molecule has 0 aliphatic rings. The molecule has 1 rings (SSSR count). The Hall–Kier alpha value is -1.73. The van der Waals surface area contributed by atoms with Gasteiger partial charge in [-0.3, -0.25) is 10.2 Å². The van der Waals surface area contributed by atoms with Gasteiger partial charge >= 0.3 is 0 Å². The number of benzene rings is 1. The number of carbonyl (C=O) groups excluding carboxylic acids is 1. The van der Waals surface area contributed by atoms with Crippen LogP contribution in [0.2, 0.25) is 0 Å². The number of halogens is 2. The standard InChI is InChI=1S/C10H13F2N3O2/c1-17-9-3-6(11)5(2-7(9)12)8(13)4-10(16)15-14/h2-3,8H,4,13-14H2,1H3,(H,15,16). The molecule has 0 aliphatic carbocycles. The van der Waals surface area contributed by atoms with Gasteiger partial charge in [-0.15, -0.1) is 0 Å². The van der Waals surface area contributed by atoms with Crippen LogP contribution in [0.5, 0.6) is 5.75 Å². The van der Waals surface area contributed by atoms with Crippen molar-refractivity contribution in [2.24, 2.45) is 11.6 Å². The van der Waals surface area contributed by atoms with Crippen LogP contribution in [0.1, 0.15) is 18.0 Å². The minimum absolute atomic E-state index is 0.105. The third-order valence-electron chi connectivity index (χ3n) is 2.24. The van der Waals surface area contributed by atoms with Gasteiger partial charge in [-0.2, -0.15) is 0 Å². The zero-order valence-corrected chi connectivity index (χ0v) is 9.17. The molecule has 0 spiro atoms. The Morgan fingerprint density at radius 2 is 2.12 bits per heavy atom. The molecule has 0 aromatic heterocycles. The van der Waals surface area contributed by atoms with Crippen molar-refractivity contribution in [2.45, 2.75) is 12.5 Å². The van der Waals surface area contributed by atoms with E-state index in [0.717, 1.165) is 12.1 Å². The molecule has 1 unspecified atom stereocenters. The van der Waals surface area contributed by atoms with Crippen molar-refractivity contribution in [3.05, 3.63) is 29.3 Å². The van der Waals surface area contributed by atoms with E-state index in [4.69, 9.17) is 11.6 Å². The summed E-state index contributed by atoms with van der Waals surface area (Å²) in [4.78, 5) is 11.0. The third kappa shape index (κ3) is 3.11. The molecule has 0 fully saturated rings. The summed E-state index contributed by atoms with van der Waals surface area (Å²) in [5.41, 5.74) is 7.33. The van der Waals surface area contributed by atoms with E-state index >= 15 is 0 Å². The average Bonchev–Trinajstić information content (AvgIpc) is 2.31. The number of hydrogen-bond acceptors (Lipinski definition) is 4. The van der Waals surface area contributed by atoms with Crippen LogP contribution in [0.4, 0.5) is 8.78 Å². The first kappa shape index (κ1) is 13.3. The van der Waals surface area contributed by atoms with Gasteiger partial charge in [0.15, 0.2) is 11.6 Å². The lowest BCUT2D eigenvalue weighted by Gasteiger charge is -2.13. The maximum absolute atomic E-state index is 13.5. The molecule has 17 heavy (non-hydrogen) atoms. The van der Waals surface area contributed by atoms with Crippen LogP contribution in [0.15, 0.2) is 12.1 Å². The number of carbonyl (C=O) groups is 1. The summed E-state index contributed by atoms with van der Waals surface area (Å²) in [6.45, 7) is 0. The Morgan fingerprint density at radius 1 is 1.47 bits per heavy atom. The van der Waals surface area contributed by atoms with Gasteiger partial charge in [-0.05, 0) is 6.07 Å². The SMILES string of the molecule is COc1cc(F)c(C(N)CC(=O)NN)cc1F. The molecule has 5 nitrogen and oxygen atoms in total. The van der Waals surface area contributed by atoms with Crippen molar-refractivity contribution in [3.8, 4) is 5.75 Å². The van der Waals surface area contributed by atoms with E-state index in [1.807, 2.05) is 5.43 Å². The molecule has 1 aromatic carbocycles. The normalized spacial score (nSPS) is 12.1. The van der Waals surface area contributed by atoms with Crippen molar-refractivity contribution in [1.82, 2.24) is 5.43 Å². The van der Waals surface area contributed by atoms with Crippen LogP contribution in [-0.4, -0.2) is 13.0 Å². The molecule has 0 saturated carbocycles. The maximum Gasteiger partial charge on any atom is 0.235 e. The molecule has 94 valence electrons. The molecule has 7 heteroatoms. The summed E-state index contributed by atoms with van der Waals surface area (Å²) in [7, 11) is 1.22.